The summed E-state index contributed by atoms with van der Waals surface area (Å²) < 4.78 is 45.4. The summed E-state index contributed by atoms with van der Waals surface area (Å²) in [5, 5.41) is 18.2. The number of hydrogen-bond acceptors (Lipinski definition) is 15. The van der Waals surface area contributed by atoms with E-state index in [1.54, 1.807) is 87.8 Å². The number of nitrogens with one attached hydrogen (secondary N) is 1. The van der Waals surface area contributed by atoms with Gasteiger partial charge in [0.1, 0.15) is 18.5 Å². The SMILES string of the molecule is Cc1cc(OCCCNCCC(N)=O)ccc1Cc1c(O[C@@H]2O[C@H](COC(=O)C(C)(C)C)[C@@H](OC(=O)C(C)(C)C)[C@H](OC(=O)C(C)(C)C)[C@H]2OC(=O)C(C)(C)C)nn(CCO)c1C(C)C. The Labute approximate surface area is 385 Å². The zero-order valence-electron chi connectivity index (χ0n) is 41.4. The summed E-state index contributed by atoms with van der Waals surface area (Å²) in [6.07, 6.45) is -6.09. The highest BCUT2D eigenvalue weighted by molar-refractivity contribution is 5.78. The molecule has 0 unspecified atom stereocenters. The minimum Gasteiger partial charge on any atom is -0.494 e. The molecule has 1 amide bonds. The number of aliphatic hydroxyl groups excluding tert-OH is 1. The molecule has 2 heterocycles. The van der Waals surface area contributed by atoms with Crippen molar-refractivity contribution in [1.82, 2.24) is 15.1 Å². The normalized spacial score (nSPS) is 19.4. The van der Waals surface area contributed by atoms with Gasteiger partial charge >= 0.3 is 23.9 Å². The number of esters is 4. The zero-order valence-corrected chi connectivity index (χ0v) is 41.4. The maximum absolute atomic E-state index is 13.9. The van der Waals surface area contributed by atoms with Crippen LogP contribution in [0.4, 0.5) is 0 Å². The van der Waals surface area contributed by atoms with E-state index < -0.39 is 82.8 Å². The van der Waals surface area contributed by atoms with Crippen LogP contribution < -0.4 is 20.5 Å². The van der Waals surface area contributed by atoms with Crippen LogP contribution in [0.5, 0.6) is 11.6 Å². The number of nitrogens with two attached hydrogens (primary N) is 1. The van der Waals surface area contributed by atoms with E-state index in [0.717, 1.165) is 16.8 Å². The second-order valence-corrected chi connectivity index (χ2v) is 21.1. The van der Waals surface area contributed by atoms with Crippen LogP contribution in [0.1, 0.15) is 138 Å². The maximum atomic E-state index is 13.9. The topological polar surface area (TPSA) is 226 Å². The van der Waals surface area contributed by atoms with Crippen LogP contribution >= 0.6 is 0 Å². The Hall–Kier alpha value is -4.74. The lowest BCUT2D eigenvalue weighted by molar-refractivity contribution is -0.294. The van der Waals surface area contributed by atoms with Crippen molar-refractivity contribution in [3.8, 4) is 11.6 Å². The summed E-state index contributed by atoms with van der Waals surface area (Å²) in [5.41, 5.74) is 4.38. The second-order valence-electron chi connectivity index (χ2n) is 21.1. The van der Waals surface area contributed by atoms with Gasteiger partial charge in [0.25, 0.3) is 0 Å². The molecule has 17 heteroatoms. The molecular weight excluding hydrogens is 841 g/mol. The fraction of sp³-hybridized carbons (Fsp3) is 0.708. The molecule has 1 aliphatic rings. The van der Waals surface area contributed by atoms with Gasteiger partial charge in [-0.05, 0) is 132 Å². The van der Waals surface area contributed by atoms with Crippen molar-refractivity contribution in [1.29, 1.82) is 0 Å². The number of primary amides is 1. The quantitative estimate of drug-likeness (QED) is 0.0823. The van der Waals surface area contributed by atoms with Crippen molar-refractivity contribution in [2.75, 3.05) is 32.9 Å². The molecule has 4 N–H and O–H groups in total. The number of aromatic nitrogens is 2. The van der Waals surface area contributed by atoms with Crippen LogP contribution in [-0.4, -0.2) is 108 Å². The zero-order chi connectivity index (χ0) is 49.2. The maximum Gasteiger partial charge on any atom is 0.311 e. The predicted molar refractivity (Wildman–Crippen MR) is 242 cm³/mol. The lowest BCUT2D eigenvalue weighted by Gasteiger charge is -2.45. The second kappa shape index (κ2) is 22.6. The highest BCUT2D eigenvalue weighted by Gasteiger charge is 2.56. The number of aryl methyl sites for hydroxylation is 1. The van der Waals surface area contributed by atoms with E-state index in [0.29, 0.717) is 43.9 Å². The van der Waals surface area contributed by atoms with E-state index in [1.807, 2.05) is 39.0 Å². The van der Waals surface area contributed by atoms with Gasteiger partial charge in [0.05, 0.1) is 41.4 Å². The van der Waals surface area contributed by atoms with Crippen LogP contribution in [0, 0.1) is 28.6 Å². The number of carbonyl (C=O) groups is 5. The van der Waals surface area contributed by atoms with Crippen LogP contribution in [-0.2, 0) is 60.6 Å². The highest BCUT2D eigenvalue weighted by Crippen LogP contribution is 2.38. The van der Waals surface area contributed by atoms with Crippen LogP contribution in [0.2, 0.25) is 0 Å². The number of amides is 1. The van der Waals surface area contributed by atoms with Gasteiger partial charge in [-0.3, -0.25) is 28.7 Å². The van der Waals surface area contributed by atoms with Gasteiger partial charge in [0.15, 0.2) is 12.2 Å². The van der Waals surface area contributed by atoms with Gasteiger partial charge in [-0.15, -0.1) is 5.10 Å². The Morgan fingerprint density at radius 2 is 1.37 bits per heavy atom. The lowest BCUT2D eigenvalue weighted by Crippen LogP contribution is -2.65. The molecule has 17 nitrogen and oxygen atoms in total. The Morgan fingerprint density at radius 1 is 0.815 bits per heavy atom. The molecule has 0 radical (unpaired) electrons. The van der Waals surface area contributed by atoms with E-state index in [4.69, 9.17) is 44.0 Å². The van der Waals surface area contributed by atoms with Crippen LogP contribution in [0.15, 0.2) is 18.2 Å². The molecule has 1 fully saturated rings. The molecule has 1 aliphatic heterocycles. The Balaban J connectivity index is 2.20. The Kier molecular flexibility index (Phi) is 19.0. The summed E-state index contributed by atoms with van der Waals surface area (Å²) >= 11 is 0. The molecular formula is C48H76N4O13. The minimum absolute atomic E-state index is 0.0870. The van der Waals surface area contributed by atoms with Crippen LogP contribution in [0.25, 0.3) is 0 Å². The number of carbonyl (C=O) groups excluding carboxylic acids is 5. The molecule has 1 saturated heterocycles. The van der Waals surface area contributed by atoms with E-state index in [2.05, 4.69) is 5.32 Å². The molecule has 0 saturated carbocycles. The highest BCUT2D eigenvalue weighted by atomic mass is 16.7. The first-order valence-corrected chi connectivity index (χ1v) is 22.5. The fourth-order valence-electron chi connectivity index (χ4n) is 6.43. The van der Waals surface area contributed by atoms with Gasteiger partial charge in [0.2, 0.25) is 24.2 Å². The number of nitrogens with zero attached hydrogens (tertiary/aromatic N) is 2. The summed E-state index contributed by atoms with van der Waals surface area (Å²) in [7, 11) is 0. The van der Waals surface area contributed by atoms with Crippen molar-refractivity contribution in [2.24, 2.45) is 27.4 Å². The van der Waals surface area contributed by atoms with Crippen LogP contribution in [0.3, 0.4) is 0 Å². The lowest BCUT2D eigenvalue weighted by atomic mass is 9.93. The van der Waals surface area contributed by atoms with Crippen molar-refractivity contribution < 1.29 is 62.2 Å². The molecule has 0 aliphatic carbocycles. The molecule has 1 aromatic heterocycles. The van der Waals surface area contributed by atoms with Crippen molar-refractivity contribution >= 4 is 29.8 Å². The third kappa shape index (κ3) is 16.0. The first-order valence-electron chi connectivity index (χ1n) is 22.5. The first-order chi connectivity index (χ1) is 29.9. The summed E-state index contributed by atoms with van der Waals surface area (Å²) in [5.74, 6) is -2.35. The molecule has 5 atom stereocenters. The van der Waals surface area contributed by atoms with Crippen molar-refractivity contribution in [3.63, 3.8) is 0 Å². The summed E-state index contributed by atoms with van der Waals surface area (Å²) in [4.78, 5) is 65.6. The van der Waals surface area contributed by atoms with Crippen molar-refractivity contribution in [3.05, 3.63) is 40.6 Å². The predicted octanol–water partition coefficient (Wildman–Crippen LogP) is 5.70. The van der Waals surface area contributed by atoms with Gasteiger partial charge in [-0.2, -0.15) is 0 Å². The van der Waals surface area contributed by atoms with E-state index in [-0.39, 0.29) is 37.3 Å². The summed E-state index contributed by atoms with van der Waals surface area (Å²) in [6.45, 7) is 27.0. The van der Waals surface area contributed by atoms with Gasteiger partial charge in [-0.25, -0.2) is 0 Å². The molecule has 3 rings (SSSR count). The monoisotopic (exact) mass is 917 g/mol. The fourth-order valence-corrected chi connectivity index (χ4v) is 6.43. The van der Waals surface area contributed by atoms with Gasteiger partial charge in [0, 0.05) is 30.6 Å². The molecule has 0 bridgehead atoms. The third-order valence-electron chi connectivity index (χ3n) is 10.3. The van der Waals surface area contributed by atoms with E-state index >= 15 is 0 Å². The molecule has 2 aromatic rings. The number of aliphatic hydroxyl groups is 1. The smallest absolute Gasteiger partial charge is 0.311 e. The van der Waals surface area contributed by atoms with Gasteiger partial charge < -0.3 is 49.3 Å². The van der Waals surface area contributed by atoms with E-state index in [1.165, 1.54) is 0 Å². The molecule has 1 aromatic carbocycles. The first kappa shape index (κ1) is 54.6. The molecule has 0 spiro atoms. The minimum atomic E-state index is -1.57. The van der Waals surface area contributed by atoms with Gasteiger partial charge in [-0.1, -0.05) is 19.9 Å². The standard InChI is InChI=1S/C48H76N4O13/c1-28(2)35-32(26-30-17-18-31(25-29(30)3)59-24-16-20-50-21-19-34(49)54)39(51-52(35)22-23-53)65-40-38(64-44(58)48(13,14)15)37(63-43(57)47(10,11)12)36(62-42(56)46(7,8)9)33(61-40)27-60-41(55)45(4,5)6/h17-18,25,28,33,36-38,40,50,53H,16,19-24,26-27H2,1-15H3,(H2,49,54)/t33-,36-,37+,38-,40+/m1/s1. The summed E-state index contributed by atoms with van der Waals surface area (Å²) in [6, 6.07) is 5.76. The largest absolute Gasteiger partial charge is 0.494 e. The molecule has 65 heavy (non-hydrogen) atoms. The number of hydrogen-bond donors (Lipinski definition) is 3. The number of ether oxygens (including phenoxy) is 7. The number of benzene rings is 1. The Morgan fingerprint density at radius 3 is 1.88 bits per heavy atom. The third-order valence-corrected chi connectivity index (χ3v) is 10.3. The molecule has 366 valence electrons. The average molecular weight is 917 g/mol. The number of rotatable bonds is 20. The van der Waals surface area contributed by atoms with Crippen molar-refractivity contribution in [2.45, 2.75) is 166 Å². The average Bonchev–Trinajstić information content (AvgIpc) is 3.50. The Bertz CT molecular complexity index is 1950. The van der Waals surface area contributed by atoms with E-state index in [9.17, 15) is 29.1 Å².